The molecule has 0 unspecified atom stereocenters. The van der Waals surface area contributed by atoms with Crippen LogP contribution in [0.3, 0.4) is 0 Å². The minimum atomic E-state index is -0.495. The SMILES string of the molecule is CCOC(=O)CNC(=O)N1CCc2nc(-c3ccc(C)cc3)[nH]c(=O)c2C1. The zero-order valence-corrected chi connectivity index (χ0v) is 15.4. The molecule has 1 aliphatic rings. The predicted octanol–water partition coefficient (Wildman–Crippen LogP) is 1.38. The summed E-state index contributed by atoms with van der Waals surface area (Å²) >= 11 is 0. The molecule has 142 valence electrons. The number of amides is 2. The number of carbonyl (C=O) groups excluding carboxylic acids is 2. The van der Waals surface area contributed by atoms with Crippen LogP contribution in [-0.2, 0) is 22.5 Å². The number of benzene rings is 1. The lowest BCUT2D eigenvalue weighted by atomic mass is 10.1. The van der Waals surface area contributed by atoms with Crippen molar-refractivity contribution in [3.8, 4) is 11.4 Å². The van der Waals surface area contributed by atoms with E-state index in [4.69, 9.17) is 4.74 Å². The number of aryl methyl sites for hydroxylation is 1. The van der Waals surface area contributed by atoms with E-state index in [1.807, 2.05) is 31.2 Å². The number of nitrogens with one attached hydrogen (secondary N) is 2. The van der Waals surface area contributed by atoms with Gasteiger partial charge in [0.1, 0.15) is 12.4 Å². The van der Waals surface area contributed by atoms with Crippen molar-refractivity contribution in [2.45, 2.75) is 26.8 Å². The number of urea groups is 1. The van der Waals surface area contributed by atoms with Crippen molar-refractivity contribution >= 4 is 12.0 Å². The maximum absolute atomic E-state index is 12.5. The Balaban J connectivity index is 1.73. The number of rotatable bonds is 4. The Morgan fingerprint density at radius 2 is 2.04 bits per heavy atom. The third kappa shape index (κ3) is 4.33. The molecule has 2 amide bonds. The number of aromatic amines is 1. The summed E-state index contributed by atoms with van der Waals surface area (Å²) in [6.45, 7) is 4.33. The van der Waals surface area contributed by atoms with Crippen LogP contribution in [0.4, 0.5) is 4.79 Å². The Kier molecular flexibility index (Phi) is 5.54. The second-order valence-electron chi connectivity index (χ2n) is 6.34. The first-order valence-electron chi connectivity index (χ1n) is 8.85. The number of fused-ring (bicyclic) bond motifs is 1. The summed E-state index contributed by atoms with van der Waals surface area (Å²) in [7, 11) is 0. The zero-order chi connectivity index (χ0) is 19.4. The topological polar surface area (TPSA) is 104 Å². The molecule has 27 heavy (non-hydrogen) atoms. The van der Waals surface area contributed by atoms with Crippen LogP contribution < -0.4 is 10.9 Å². The van der Waals surface area contributed by atoms with Gasteiger partial charge in [-0.2, -0.15) is 0 Å². The van der Waals surface area contributed by atoms with Crippen molar-refractivity contribution in [2.24, 2.45) is 0 Å². The number of ether oxygens (including phenoxy) is 1. The van der Waals surface area contributed by atoms with E-state index in [0.717, 1.165) is 11.1 Å². The first-order valence-corrected chi connectivity index (χ1v) is 8.85. The lowest BCUT2D eigenvalue weighted by Gasteiger charge is -2.27. The number of hydrogen-bond donors (Lipinski definition) is 2. The van der Waals surface area contributed by atoms with Gasteiger partial charge in [0.2, 0.25) is 0 Å². The van der Waals surface area contributed by atoms with Crippen LogP contribution in [0, 0.1) is 6.92 Å². The average Bonchev–Trinajstić information content (AvgIpc) is 2.66. The molecule has 0 radical (unpaired) electrons. The Morgan fingerprint density at radius 1 is 1.30 bits per heavy atom. The molecule has 0 saturated carbocycles. The fourth-order valence-electron chi connectivity index (χ4n) is 2.92. The maximum Gasteiger partial charge on any atom is 0.325 e. The maximum atomic E-state index is 12.5. The van der Waals surface area contributed by atoms with Gasteiger partial charge >= 0.3 is 12.0 Å². The Bertz CT molecular complexity index is 905. The minimum absolute atomic E-state index is 0.153. The fraction of sp³-hybridized carbons (Fsp3) is 0.368. The first-order chi connectivity index (χ1) is 13.0. The van der Waals surface area contributed by atoms with Gasteiger partial charge in [-0.1, -0.05) is 29.8 Å². The van der Waals surface area contributed by atoms with Gasteiger partial charge in [-0.3, -0.25) is 9.59 Å². The van der Waals surface area contributed by atoms with Crippen molar-refractivity contribution in [1.29, 1.82) is 0 Å². The molecule has 0 atom stereocenters. The van der Waals surface area contributed by atoms with Crippen LogP contribution in [0.5, 0.6) is 0 Å². The number of esters is 1. The summed E-state index contributed by atoms with van der Waals surface area (Å²) in [5, 5.41) is 2.51. The molecule has 2 aromatic rings. The van der Waals surface area contributed by atoms with E-state index in [0.29, 0.717) is 30.0 Å². The highest BCUT2D eigenvalue weighted by Crippen LogP contribution is 2.19. The van der Waals surface area contributed by atoms with E-state index in [1.54, 1.807) is 6.92 Å². The Labute approximate surface area is 156 Å². The van der Waals surface area contributed by atoms with Gasteiger partial charge in [-0.05, 0) is 13.8 Å². The van der Waals surface area contributed by atoms with Gasteiger partial charge in [0.25, 0.3) is 5.56 Å². The van der Waals surface area contributed by atoms with Gasteiger partial charge < -0.3 is 19.9 Å². The van der Waals surface area contributed by atoms with Gasteiger partial charge in [0.15, 0.2) is 0 Å². The zero-order valence-electron chi connectivity index (χ0n) is 15.4. The molecule has 0 spiro atoms. The lowest BCUT2D eigenvalue weighted by molar-refractivity contribution is -0.141. The quantitative estimate of drug-likeness (QED) is 0.791. The molecule has 1 aliphatic heterocycles. The molecule has 0 bridgehead atoms. The number of carbonyl (C=O) groups is 2. The first kappa shape index (κ1) is 18.6. The number of H-pyrrole nitrogens is 1. The third-order valence-corrected chi connectivity index (χ3v) is 4.37. The summed E-state index contributed by atoms with van der Waals surface area (Å²) in [4.78, 5) is 45.0. The summed E-state index contributed by atoms with van der Waals surface area (Å²) in [6, 6.07) is 7.35. The second-order valence-corrected chi connectivity index (χ2v) is 6.34. The van der Waals surface area contributed by atoms with Crippen LogP contribution >= 0.6 is 0 Å². The summed E-state index contributed by atoms with van der Waals surface area (Å²) in [5.41, 5.74) is 2.89. The predicted molar refractivity (Wildman–Crippen MR) is 99.2 cm³/mol. The highest BCUT2D eigenvalue weighted by Gasteiger charge is 2.25. The molecular formula is C19H22N4O4. The molecule has 8 heteroatoms. The molecule has 0 aliphatic carbocycles. The van der Waals surface area contributed by atoms with Gasteiger partial charge in [0.05, 0.1) is 24.4 Å². The van der Waals surface area contributed by atoms with Crippen LogP contribution in [0.25, 0.3) is 11.4 Å². The van der Waals surface area contributed by atoms with Gasteiger partial charge in [0, 0.05) is 18.5 Å². The Hall–Kier alpha value is -3.16. The van der Waals surface area contributed by atoms with Gasteiger partial charge in [-0.15, -0.1) is 0 Å². The van der Waals surface area contributed by atoms with E-state index >= 15 is 0 Å². The molecule has 3 rings (SSSR count). The lowest BCUT2D eigenvalue weighted by Crippen LogP contribution is -2.46. The third-order valence-electron chi connectivity index (χ3n) is 4.37. The van der Waals surface area contributed by atoms with Crippen molar-refractivity contribution in [1.82, 2.24) is 20.2 Å². The highest BCUT2D eigenvalue weighted by molar-refractivity contribution is 5.81. The molecule has 8 nitrogen and oxygen atoms in total. The number of aromatic nitrogens is 2. The van der Waals surface area contributed by atoms with E-state index < -0.39 is 12.0 Å². The number of nitrogens with zero attached hydrogens (tertiary/aromatic N) is 2. The van der Waals surface area contributed by atoms with Crippen molar-refractivity contribution in [3.63, 3.8) is 0 Å². The second kappa shape index (κ2) is 8.03. The van der Waals surface area contributed by atoms with Crippen LogP contribution in [0.1, 0.15) is 23.7 Å². The molecule has 0 fully saturated rings. The van der Waals surface area contributed by atoms with E-state index in [2.05, 4.69) is 15.3 Å². The average molecular weight is 370 g/mol. The standard InChI is InChI=1S/C19H22N4O4/c1-3-27-16(24)10-20-19(26)23-9-8-15-14(11-23)18(25)22-17(21-15)13-6-4-12(2)5-7-13/h4-7H,3,8-11H2,1-2H3,(H,20,26)(H,21,22,25). The fourth-order valence-corrected chi connectivity index (χ4v) is 2.92. The largest absolute Gasteiger partial charge is 0.465 e. The van der Waals surface area contributed by atoms with Crippen LogP contribution in [0.15, 0.2) is 29.1 Å². The smallest absolute Gasteiger partial charge is 0.325 e. The van der Waals surface area contributed by atoms with Crippen LogP contribution in [-0.4, -0.2) is 46.6 Å². The van der Waals surface area contributed by atoms with Crippen molar-refractivity contribution in [2.75, 3.05) is 19.7 Å². The molecule has 2 N–H and O–H groups in total. The van der Waals surface area contributed by atoms with E-state index in [9.17, 15) is 14.4 Å². The molecular weight excluding hydrogens is 348 g/mol. The summed E-state index contributed by atoms with van der Waals surface area (Å²) in [6.07, 6.45) is 0.477. The van der Waals surface area contributed by atoms with Crippen molar-refractivity contribution in [3.05, 3.63) is 51.4 Å². The summed E-state index contributed by atoms with van der Waals surface area (Å²) < 4.78 is 4.78. The minimum Gasteiger partial charge on any atom is -0.465 e. The molecule has 2 heterocycles. The van der Waals surface area contributed by atoms with E-state index in [-0.39, 0.29) is 25.3 Å². The molecule has 0 saturated heterocycles. The molecule has 1 aromatic carbocycles. The Morgan fingerprint density at radius 3 is 2.74 bits per heavy atom. The van der Waals surface area contributed by atoms with Gasteiger partial charge in [-0.25, -0.2) is 9.78 Å². The van der Waals surface area contributed by atoms with E-state index in [1.165, 1.54) is 4.90 Å². The normalized spacial score (nSPS) is 13.0. The summed E-state index contributed by atoms with van der Waals surface area (Å²) in [5.74, 6) is 0.0319. The number of hydrogen-bond acceptors (Lipinski definition) is 5. The van der Waals surface area contributed by atoms with Crippen LogP contribution in [0.2, 0.25) is 0 Å². The van der Waals surface area contributed by atoms with Crippen molar-refractivity contribution < 1.29 is 14.3 Å². The highest BCUT2D eigenvalue weighted by atomic mass is 16.5. The molecule has 1 aromatic heterocycles. The monoisotopic (exact) mass is 370 g/mol.